The molecule has 1 aromatic carbocycles. The number of carbonyl (C=O) groups excluding carboxylic acids is 1. The summed E-state index contributed by atoms with van der Waals surface area (Å²) >= 11 is 10.3. The van der Waals surface area contributed by atoms with E-state index in [2.05, 4.69) is 15.9 Å². The predicted octanol–water partition coefficient (Wildman–Crippen LogP) is 4.54. The van der Waals surface area contributed by atoms with Gasteiger partial charge in [0.05, 0.1) is 21.5 Å². The summed E-state index contributed by atoms with van der Waals surface area (Å²) < 4.78 is 38.0. The lowest BCUT2D eigenvalue weighted by atomic mass is 10.1. The van der Waals surface area contributed by atoms with Crippen LogP contribution >= 0.6 is 50.1 Å². The lowest BCUT2D eigenvalue weighted by Crippen LogP contribution is -2.11. The number of hydrogen-bond donors (Lipinski definition) is 0. The molecule has 0 unspecified atom stereocenters. The maximum Gasteiger partial charge on any atom is 0.417 e. The van der Waals surface area contributed by atoms with E-state index in [4.69, 9.17) is 11.6 Å². The molecule has 0 amide bonds. The van der Waals surface area contributed by atoms with Crippen LogP contribution in [0.4, 0.5) is 13.2 Å². The first-order valence-corrected chi connectivity index (χ1v) is 6.51. The highest BCUT2D eigenvalue weighted by Gasteiger charge is 2.35. The summed E-state index contributed by atoms with van der Waals surface area (Å²) in [6, 6.07) is 2.10. The average Bonchev–Trinajstić information content (AvgIpc) is 2.15. The van der Waals surface area contributed by atoms with E-state index in [1.807, 2.05) is 0 Å². The van der Waals surface area contributed by atoms with Crippen molar-refractivity contribution in [2.75, 3.05) is 5.33 Å². The van der Waals surface area contributed by atoms with E-state index in [-0.39, 0.29) is 10.9 Å². The minimum atomic E-state index is -4.55. The van der Waals surface area contributed by atoms with Gasteiger partial charge < -0.3 is 0 Å². The molecule has 0 radical (unpaired) electrons. The van der Waals surface area contributed by atoms with Gasteiger partial charge in [0, 0.05) is 3.57 Å². The van der Waals surface area contributed by atoms with Gasteiger partial charge in [-0.2, -0.15) is 13.2 Å². The molecule has 1 nitrogen and oxygen atoms in total. The van der Waals surface area contributed by atoms with Crippen LogP contribution < -0.4 is 0 Å². The molecule has 0 spiro atoms. The average molecular weight is 427 g/mol. The van der Waals surface area contributed by atoms with Crippen LogP contribution in [-0.4, -0.2) is 11.1 Å². The van der Waals surface area contributed by atoms with Gasteiger partial charge >= 0.3 is 6.18 Å². The van der Waals surface area contributed by atoms with Gasteiger partial charge in [0.2, 0.25) is 0 Å². The minimum Gasteiger partial charge on any atom is -0.293 e. The zero-order valence-electron chi connectivity index (χ0n) is 7.54. The van der Waals surface area contributed by atoms with Gasteiger partial charge in [-0.1, -0.05) is 27.5 Å². The molecule has 0 fully saturated rings. The molecule has 0 saturated carbocycles. The Morgan fingerprint density at radius 3 is 2.44 bits per heavy atom. The van der Waals surface area contributed by atoms with E-state index >= 15 is 0 Å². The Hall–Kier alpha value is 0.180. The van der Waals surface area contributed by atoms with Crippen molar-refractivity contribution in [1.82, 2.24) is 0 Å². The summed E-state index contributed by atoms with van der Waals surface area (Å²) in [4.78, 5) is 11.4. The lowest BCUT2D eigenvalue weighted by molar-refractivity contribution is -0.137. The summed E-state index contributed by atoms with van der Waals surface area (Å²) in [5, 5.41) is -0.604. The first-order valence-electron chi connectivity index (χ1n) is 3.93. The van der Waals surface area contributed by atoms with Crippen LogP contribution in [0, 0.1) is 3.57 Å². The maximum atomic E-state index is 12.5. The molecule has 0 bridgehead atoms. The third kappa shape index (κ3) is 2.89. The quantitative estimate of drug-likeness (QED) is 0.385. The number of ketones is 1. The molecule has 0 heterocycles. The number of halogens is 6. The van der Waals surface area contributed by atoms with E-state index < -0.39 is 22.5 Å². The van der Waals surface area contributed by atoms with Gasteiger partial charge in [-0.05, 0) is 34.7 Å². The van der Waals surface area contributed by atoms with Crippen LogP contribution in [0.5, 0.6) is 0 Å². The summed E-state index contributed by atoms with van der Waals surface area (Å²) in [5.41, 5.74) is -1.08. The van der Waals surface area contributed by atoms with Crippen molar-refractivity contribution in [3.8, 4) is 0 Å². The van der Waals surface area contributed by atoms with E-state index in [1.165, 1.54) is 6.07 Å². The first kappa shape index (κ1) is 14.2. The minimum absolute atomic E-state index is 0.0654. The van der Waals surface area contributed by atoms with Crippen molar-refractivity contribution in [2.24, 2.45) is 0 Å². The SMILES string of the molecule is O=C(CBr)c1c(I)ccc(C(F)(F)F)c1Cl. The molecule has 7 heteroatoms. The molecule has 1 aromatic rings. The Morgan fingerprint density at radius 2 is 2.00 bits per heavy atom. The molecule has 0 aliphatic heterocycles. The number of rotatable bonds is 2. The van der Waals surface area contributed by atoms with Crippen LogP contribution in [0.15, 0.2) is 12.1 Å². The largest absolute Gasteiger partial charge is 0.417 e. The zero-order valence-corrected chi connectivity index (χ0v) is 12.0. The van der Waals surface area contributed by atoms with Gasteiger partial charge in [-0.3, -0.25) is 4.79 Å². The highest BCUT2D eigenvalue weighted by atomic mass is 127. The third-order valence-electron chi connectivity index (χ3n) is 1.80. The molecule has 0 saturated heterocycles. The number of benzene rings is 1. The predicted molar refractivity (Wildman–Crippen MR) is 67.3 cm³/mol. The molecule has 0 aliphatic carbocycles. The van der Waals surface area contributed by atoms with Gasteiger partial charge in [0.1, 0.15) is 0 Å². The molecule has 0 atom stereocenters. The number of hydrogen-bond acceptors (Lipinski definition) is 1. The molecule has 0 aliphatic rings. The summed E-state index contributed by atoms with van der Waals surface area (Å²) in [5.74, 6) is -0.472. The number of Topliss-reactive ketones (excluding diaryl/α,β-unsaturated/α-hetero) is 1. The van der Waals surface area contributed by atoms with E-state index in [9.17, 15) is 18.0 Å². The van der Waals surface area contributed by atoms with Crippen LogP contribution in [0.1, 0.15) is 15.9 Å². The second-order valence-electron chi connectivity index (χ2n) is 2.84. The summed E-state index contributed by atoms with van der Waals surface area (Å²) in [7, 11) is 0. The monoisotopic (exact) mass is 426 g/mol. The van der Waals surface area contributed by atoms with Crippen LogP contribution in [0.3, 0.4) is 0 Å². The van der Waals surface area contributed by atoms with Crippen LogP contribution in [0.2, 0.25) is 5.02 Å². The Kier molecular flexibility index (Phi) is 4.65. The molecular formula is C9H4BrClF3IO. The Labute approximate surface area is 117 Å². The van der Waals surface area contributed by atoms with Crippen molar-refractivity contribution in [1.29, 1.82) is 0 Å². The standard InChI is InChI=1S/C9H4BrClF3IO/c10-3-6(16)7-5(15)2-1-4(8(7)11)9(12,13)14/h1-2H,3H2. The fourth-order valence-electron chi connectivity index (χ4n) is 1.09. The third-order valence-corrected chi connectivity index (χ3v) is 3.60. The number of carbonyl (C=O) groups is 1. The molecule has 0 aromatic heterocycles. The van der Waals surface area contributed by atoms with Crippen LogP contribution in [-0.2, 0) is 6.18 Å². The topological polar surface area (TPSA) is 17.1 Å². The van der Waals surface area contributed by atoms with Gasteiger partial charge in [-0.25, -0.2) is 0 Å². The van der Waals surface area contributed by atoms with E-state index in [0.717, 1.165) is 6.07 Å². The van der Waals surface area contributed by atoms with Gasteiger partial charge in [-0.15, -0.1) is 0 Å². The zero-order chi connectivity index (χ0) is 12.5. The Morgan fingerprint density at radius 1 is 1.44 bits per heavy atom. The fraction of sp³-hybridized carbons (Fsp3) is 0.222. The van der Waals surface area contributed by atoms with Gasteiger partial charge in [0.25, 0.3) is 0 Å². The molecule has 16 heavy (non-hydrogen) atoms. The maximum absolute atomic E-state index is 12.5. The Bertz CT molecular complexity index is 433. The normalized spacial score (nSPS) is 11.6. The Balaban J connectivity index is 3.45. The second kappa shape index (κ2) is 5.22. The smallest absolute Gasteiger partial charge is 0.293 e. The van der Waals surface area contributed by atoms with Crippen molar-refractivity contribution >= 4 is 55.9 Å². The second-order valence-corrected chi connectivity index (χ2v) is 4.94. The van der Waals surface area contributed by atoms with Crippen molar-refractivity contribution in [2.45, 2.75) is 6.18 Å². The van der Waals surface area contributed by atoms with E-state index in [0.29, 0.717) is 3.57 Å². The van der Waals surface area contributed by atoms with Crippen molar-refractivity contribution in [3.05, 3.63) is 31.9 Å². The molecule has 88 valence electrons. The summed E-state index contributed by atoms with van der Waals surface area (Å²) in [6.07, 6.45) is -4.55. The van der Waals surface area contributed by atoms with Crippen molar-refractivity contribution in [3.63, 3.8) is 0 Å². The van der Waals surface area contributed by atoms with Crippen molar-refractivity contribution < 1.29 is 18.0 Å². The first-order chi connectivity index (χ1) is 7.29. The summed E-state index contributed by atoms with van der Waals surface area (Å²) in [6.45, 7) is 0. The molecule has 0 N–H and O–H groups in total. The van der Waals surface area contributed by atoms with Gasteiger partial charge in [0.15, 0.2) is 5.78 Å². The highest BCUT2D eigenvalue weighted by molar-refractivity contribution is 14.1. The van der Waals surface area contributed by atoms with Crippen LogP contribution in [0.25, 0.3) is 0 Å². The number of alkyl halides is 4. The fourth-order valence-corrected chi connectivity index (χ4v) is 2.66. The molecular weight excluding hydrogens is 423 g/mol. The highest BCUT2D eigenvalue weighted by Crippen LogP contribution is 2.38. The van der Waals surface area contributed by atoms with E-state index in [1.54, 1.807) is 22.6 Å². The molecule has 1 rings (SSSR count). The lowest BCUT2D eigenvalue weighted by Gasteiger charge is -2.12.